The molecule has 5 nitrogen and oxygen atoms in total. The van der Waals surface area contributed by atoms with Gasteiger partial charge in [-0.1, -0.05) is 13.8 Å². The van der Waals surface area contributed by atoms with Crippen LogP contribution in [-0.4, -0.2) is 42.4 Å². The quantitative estimate of drug-likeness (QED) is 0.813. The lowest BCUT2D eigenvalue weighted by molar-refractivity contribution is -0.127. The van der Waals surface area contributed by atoms with Crippen molar-refractivity contribution in [2.24, 2.45) is 11.8 Å². The van der Waals surface area contributed by atoms with E-state index in [0.717, 1.165) is 18.2 Å². The number of nitrogens with one attached hydrogen (secondary N) is 2. The molecule has 1 aromatic carbocycles. The maximum atomic E-state index is 13.6. The summed E-state index contributed by atoms with van der Waals surface area (Å²) in [7, 11) is 0. The standard InChI is InChI=1S/C19H27F2N3O2/c1-12(2)13(3)22-19(26)14-6-8-24(9-7-14)11-18(25)23-17-10-15(20)4-5-16(17)21/h4-5,10,12-14H,6-9,11H2,1-3H3,(H,22,26)(H,23,25). The average Bonchev–Trinajstić information content (AvgIpc) is 2.58. The lowest BCUT2D eigenvalue weighted by Gasteiger charge is -2.31. The molecule has 0 spiro atoms. The Morgan fingerprint density at radius 3 is 2.46 bits per heavy atom. The zero-order chi connectivity index (χ0) is 19.3. The Bertz CT molecular complexity index is 644. The smallest absolute Gasteiger partial charge is 0.238 e. The van der Waals surface area contributed by atoms with Crippen LogP contribution < -0.4 is 10.6 Å². The van der Waals surface area contributed by atoms with Crippen LogP contribution >= 0.6 is 0 Å². The van der Waals surface area contributed by atoms with Crippen LogP contribution in [0.15, 0.2) is 18.2 Å². The van der Waals surface area contributed by atoms with Gasteiger partial charge >= 0.3 is 0 Å². The maximum Gasteiger partial charge on any atom is 0.238 e. The molecule has 7 heteroatoms. The summed E-state index contributed by atoms with van der Waals surface area (Å²) in [6, 6.07) is 3.07. The number of benzene rings is 1. The second-order valence-electron chi connectivity index (χ2n) is 7.26. The van der Waals surface area contributed by atoms with Crippen LogP contribution in [0.1, 0.15) is 33.6 Å². The monoisotopic (exact) mass is 367 g/mol. The fourth-order valence-electron chi connectivity index (χ4n) is 2.85. The molecule has 2 N–H and O–H groups in total. The van der Waals surface area contributed by atoms with Crippen molar-refractivity contribution >= 4 is 17.5 Å². The first-order valence-corrected chi connectivity index (χ1v) is 9.04. The molecule has 1 aliphatic rings. The van der Waals surface area contributed by atoms with Crippen LogP contribution in [0.3, 0.4) is 0 Å². The molecular weight excluding hydrogens is 340 g/mol. The lowest BCUT2D eigenvalue weighted by Crippen LogP contribution is -2.45. The number of piperidine rings is 1. The van der Waals surface area contributed by atoms with Gasteiger partial charge in [-0.05, 0) is 50.9 Å². The van der Waals surface area contributed by atoms with E-state index in [-0.39, 0.29) is 30.1 Å². The Labute approximate surface area is 153 Å². The first-order valence-electron chi connectivity index (χ1n) is 9.04. The zero-order valence-electron chi connectivity index (χ0n) is 15.5. The molecule has 0 aliphatic carbocycles. The maximum absolute atomic E-state index is 13.6. The van der Waals surface area contributed by atoms with Crippen LogP contribution in [0.25, 0.3) is 0 Å². The van der Waals surface area contributed by atoms with Gasteiger partial charge in [-0.3, -0.25) is 14.5 Å². The van der Waals surface area contributed by atoms with Gasteiger partial charge in [0.25, 0.3) is 0 Å². The molecule has 0 aromatic heterocycles. The molecule has 1 atom stereocenters. The number of amides is 2. The Kier molecular flexibility index (Phi) is 7.08. The number of nitrogens with zero attached hydrogens (tertiary/aromatic N) is 1. The van der Waals surface area contributed by atoms with Gasteiger partial charge < -0.3 is 10.6 Å². The van der Waals surface area contributed by atoms with Crippen LogP contribution in [-0.2, 0) is 9.59 Å². The van der Waals surface area contributed by atoms with Gasteiger partial charge in [0.2, 0.25) is 11.8 Å². The minimum Gasteiger partial charge on any atom is -0.353 e. The SMILES string of the molecule is CC(C)C(C)NC(=O)C1CCN(CC(=O)Nc2cc(F)ccc2F)CC1. The molecule has 144 valence electrons. The van der Waals surface area contributed by atoms with Gasteiger partial charge in [0, 0.05) is 18.0 Å². The van der Waals surface area contributed by atoms with Crippen LogP contribution in [0.2, 0.25) is 0 Å². The van der Waals surface area contributed by atoms with E-state index in [0.29, 0.717) is 31.8 Å². The molecule has 0 radical (unpaired) electrons. The third-order valence-electron chi connectivity index (χ3n) is 4.90. The number of anilines is 1. The summed E-state index contributed by atoms with van der Waals surface area (Å²) in [4.78, 5) is 26.2. The molecule has 26 heavy (non-hydrogen) atoms. The summed E-state index contributed by atoms with van der Waals surface area (Å²) in [5.41, 5.74) is -0.160. The summed E-state index contributed by atoms with van der Waals surface area (Å²) >= 11 is 0. The third kappa shape index (κ3) is 5.76. The number of hydrogen-bond donors (Lipinski definition) is 2. The number of carbonyl (C=O) groups excluding carboxylic acids is 2. The van der Waals surface area contributed by atoms with E-state index in [1.807, 2.05) is 11.8 Å². The molecule has 2 rings (SSSR count). The number of likely N-dealkylation sites (tertiary alicyclic amines) is 1. The molecule has 2 amide bonds. The first-order chi connectivity index (χ1) is 12.3. The highest BCUT2D eigenvalue weighted by atomic mass is 19.1. The van der Waals surface area contributed by atoms with Gasteiger partial charge in [0.05, 0.1) is 12.2 Å². The minimum atomic E-state index is -0.672. The van der Waals surface area contributed by atoms with Crippen molar-refractivity contribution in [1.29, 1.82) is 0 Å². The summed E-state index contributed by atoms with van der Waals surface area (Å²) in [5.74, 6) is -1.27. The van der Waals surface area contributed by atoms with Crippen LogP contribution in [0, 0.1) is 23.5 Å². The van der Waals surface area contributed by atoms with Crippen LogP contribution in [0.4, 0.5) is 14.5 Å². The Hall–Kier alpha value is -2.02. The molecule has 1 saturated heterocycles. The molecule has 1 fully saturated rings. The predicted molar refractivity (Wildman–Crippen MR) is 96.6 cm³/mol. The second kappa shape index (κ2) is 9.07. The molecule has 1 unspecified atom stereocenters. The molecule has 0 saturated carbocycles. The first kappa shape index (κ1) is 20.3. The van der Waals surface area contributed by atoms with Gasteiger partial charge in [0.15, 0.2) is 0 Å². The van der Waals surface area contributed by atoms with E-state index in [1.54, 1.807) is 0 Å². The molecule has 1 heterocycles. The summed E-state index contributed by atoms with van der Waals surface area (Å²) in [6.45, 7) is 7.45. The van der Waals surface area contributed by atoms with Crippen molar-refractivity contribution < 1.29 is 18.4 Å². The number of halogens is 2. The number of hydrogen-bond acceptors (Lipinski definition) is 3. The average molecular weight is 367 g/mol. The number of carbonyl (C=O) groups is 2. The van der Waals surface area contributed by atoms with Gasteiger partial charge in [0.1, 0.15) is 11.6 Å². The van der Waals surface area contributed by atoms with Crippen molar-refractivity contribution in [1.82, 2.24) is 10.2 Å². The number of rotatable bonds is 6. The molecule has 1 aliphatic heterocycles. The fourth-order valence-corrected chi connectivity index (χ4v) is 2.85. The van der Waals surface area contributed by atoms with E-state index >= 15 is 0 Å². The van der Waals surface area contributed by atoms with Gasteiger partial charge in [-0.2, -0.15) is 0 Å². The van der Waals surface area contributed by atoms with Crippen molar-refractivity contribution in [2.75, 3.05) is 25.0 Å². The van der Waals surface area contributed by atoms with E-state index < -0.39 is 17.5 Å². The molecule has 1 aromatic rings. The highest BCUT2D eigenvalue weighted by molar-refractivity contribution is 5.92. The van der Waals surface area contributed by atoms with E-state index in [1.165, 1.54) is 0 Å². The summed E-state index contributed by atoms with van der Waals surface area (Å²) in [6.07, 6.45) is 1.36. The predicted octanol–water partition coefficient (Wildman–Crippen LogP) is 2.78. The molecular formula is C19H27F2N3O2. The Morgan fingerprint density at radius 1 is 1.19 bits per heavy atom. The van der Waals surface area contributed by atoms with Crippen LogP contribution in [0.5, 0.6) is 0 Å². The second-order valence-corrected chi connectivity index (χ2v) is 7.26. The molecule has 0 bridgehead atoms. The van der Waals surface area contributed by atoms with Crippen molar-refractivity contribution in [2.45, 2.75) is 39.7 Å². The summed E-state index contributed by atoms with van der Waals surface area (Å²) in [5, 5.41) is 5.43. The van der Waals surface area contributed by atoms with E-state index in [9.17, 15) is 18.4 Å². The van der Waals surface area contributed by atoms with E-state index in [4.69, 9.17) is 0 Å². The van der Waals surface area contributed by atoms with Gasteiger partial charge in [-0.15, -0.1) is 0 Å². The van der Waals surface area contributed by atoms with Crippen molar-refractivity contribution in [3.05, 3.63) is 29.8 Å². The topological polar surface area (TPSA) is 61.4 Å². The highest BCUT2D eigenvalue weighted by Gasteiger charge is 2.27. The summed E-state index contributed by atoms with van der Waals surface area (Å²) < 4.78 is 26.7. The zero-order valence-corrected chi connectivity index (χ0v) is 15.5. The lowest BCUT2D eigenvalue weighted by atomic mass is 9.95. The van der Waals surface area contributed by atoms with E-state index in [2.05, 4.69) is 24.5 Å². The van der Waals surface area contributed by atoms with Gasteiger partial charge in [-0.25, -0.2) is 8.78 Å². The highest BCUT2D eigenvalue weighted by Crippen LogP contribution is 2.19. The largest absolute Gasteiger partial charge is 0.353 e. The Balaban J connectivity index is 1.78. The van der Waals surface area contributed by atoms with Crippen molar-refractivity contribution in [3.8, 4) is 0 Å². The Morgan fingerprint density at radius 2 is 1.85 bits per heavy atom. The fraction of sp³-hybridized carbons (Fsp3) is 0.579. The third-order valence-corrected chi connectivity index (χ3v) is 4.90. The normalized spacial score (nSPS) is 17.2. The minimum absolute atomic E-state index is 0.0452. The van der Waals surface area contributed by atoms with Crippen molar-refractivity contribution in [3.63, 3.8) is 0 Å².